The smallest absolute Gasteiger partial charge is 0.261 e. The number of nitrogens with one attached hydrogen (secondary N) is 1. The molecule has 9 heteroatoms. The summed E-state index contributed by atoms with van der Waals surface area (Å²) in [5.74, 6) is -0.322. The number of hydrogen-bond acceptors (Lipinski definition) is 5. The molecule has 2 amide bonds. The number of nitrogens with zero attached hydrogens (tertiary/aromatic N) is 2. The number of likely N-dealkylation sites (N-methyl/N-ethyl adjacent to an activating group) is 1. The van der Waals surface area contributed by atoms with Crippen molar-refractivity contribution in [3.05, 3.63) is 53.6 Å². The number of rotatable bonds is 4. The van der Waals surface area contributed by atoms with Gasteiger partial charge in [0.05, 0.1) is 35.8 Å². The first-order valence-electron chi connectivity index (χ1n) is 9.25. The average molecular weight is 415 g/mol. The first kappa shape index (κ1) is 19.4. The Labute approximate surface area is 169 Å². The van der Waals surface area contributed by atoms with Gasteiger partial charge < -0.3 is 14.5 Å². The Morgan fingerprint density at radius 3 is 2.59 bits per heavy atom. The molecular formula is C20H21N3O5S. The number of carbonyl (C=O) groups is 2. The van der Waals surface area contributed by atoms with Crippen LogP contribution in [0.2, 0.25) is 0 Å². The molecule has 1 saturated heterocycles. The third-order valence-electron chi connectivity index (χ3n) is 5.14. The summed E-state index contributed by atoms with van der Waals surface area (Å²) in [6.07, 6.45) is 0.168. The van der Waals surface area contributed by atoms with E-state index >= 15 is 0 Å². The summed E-state index contributed by atoms with van der Waals surface area (Å²) < 4.78 is 33.7. The van der Waals surface area contributed by atoms with Crippen molar-refractivity contribution in [2.24, 2.45) is 0 Å². The van der Waals surface area contributed by atoms with Crippen molar-refractivity contribution in [2.75, 3.05) is 43.0 Å². The van der Waals surface area contributed by atoms with Gasteiger partial charge in [-0.15, -0.1) is 0 Å². The van der Waals surface area contributed by atoms with Gasteiger partial charge >= 0.3 is 0 Å². The lowest BCUT2D eigenvalue weighted by molar-refractivity contribution is -0.117. The highest BCUT2D eigenvalue weighted by atomic mass is 32.2. The van der Waals surface area contributed by atoms with Crippen LogP contribution in [-0.2, 0) is 26.0 Å². The van der Waals surface area contributed by atoms with Crippen LogP contribution in [0.25, 0.3) is 0 Å². The van der Waals surface area contributed by atoms with Gasteiger partial charge in [-0.1, -0.05) is 12.1 Å². The summed E-state index contributed by atoms with van der Waals surface area (Å²) in [6.45, 7) is 1.85. The maximum Gasteiger partial charge on any atom is 0.261 e. The second kappa shape index (κ2) is 7.49. The van der Waals surface area contributed by atoms with E-state index in [0.717, 1.165) is 0 Å². The summed E-state index contributed by atoms with van der Waals surface area (Å²) >= 11 is 0. The van der Waals surface area contributed by atoms with Gasteiger partial charge in [-0.05, 0) is 35.9 Å². The molecule has 0 aliphatic carbocycles. The third-order valence-corrected chi connectivity index (χ3v) is 6.50. The Bertz CT molecular complexity index is 1080. The number of hydrogen-bond donors (Lipinski definition) is 1. The molecule has 29 heavy (non-hydrogen) atoms. The molecule has 0 aromatic heterocycles. The van der Waals surface area contributed by atoms with Gasteiger partial charge in [0.15, 0.2) is 0 Å². The lowest BCUT2D eigenvalue weighted by Crippen LogP contribution is -2.41. The van der Waals surface area contributed by atoms with Crippen LogP contribution < -0.4 is 9.62 Å². The van der Waals surface area contributed by atoms with Gasteiger partial charge in [-0.3, -0.25) is 14.3 Å². The van der Waals surface area contributed by atoms with Gasteiger partial charge in [0.2, 0.25) is 5.91 Å². The number of amides is 2. The Balaban J connectivity index is 1.62. The maximum atomic E-state index is 13.0. The van der Waals surface area contributed by atoms with Crippen LogP contribution in [-0.4, -0.2) is 58.5 Å². The molecule has 2 aromatic carbocycles. The summed E-state index contributed by atoms with van der Waals surface area (Å²) in [5, 5.41) is 0. The summed E-state index contributed by atoms with van der Waals surface area (Å²) in [5.41, 5.74) is 1.88. The molecule has 2 aromatic rings. The van der Waals surface area contributed by atoms with Crippen LogP contribution in [0, 0.1) is 0 Å². The molecule has 4 rings (SSSR count). The minimum Gasteiger partial charge on any atom is -0.378 e. The molecule has 1 fully saturated rings. The van der Waals surface area contributed by atoms with Crippen LogP contribution >= 0.6 is 0 Å². The number of anilines is 2. The van der Waals surface area contributed by atoms with Gasteiger partial charge in [0.1, 0.15) is 0 Å². The minimum atomic E-state index is -3.93. The zero-order valence-corrected chi connectivity index (χ0v) is 16.7. The van der Waals surface area contributed by atoms with Gasteiger partial charge in [-0.25, -0.2) is 8.42 Å². The van der Waals surface area contributed by atoms with E-state index in [-0.39, 0.29) is 34.4 Å². The zero-order valence-electron chi connectivity index (χ0n) is 15.9. The second-order valence-electron chi connectivity index (χ2n) is 6.98. The highest BCUT2D eigenvalue weighted by Crippen LogP contribution is 2.30. The van der Waals surface area contributed by atoms with Crippen LogP contribution in [0.15, 0.2) is 47.4 Å². The normalized spacial score (nSPS) is 16.7. The first-order chi connectivity index (χ1) is 13.9. The number of carbonyl (C=O) groups excluding carboxylic acids is 2. The largest absolute Gasteiger partial charge is 0.378 e. The molecule has 2 heterocycles. The van der Waals surface area contributed by atoms with E-state index in [0.29, 0.717) is 37.6 Å². The van der Waals surface area contributed by atoms with Crippen molar-refractivity contribution in [2.45, 2.75) is 11.3 Å². The summed E-state index contributed by atoms with van der Waals surface area (Å²) in [7, 11) is -2.27. The predicted molar refractivity (Wildman–Crippen MR) is 108 cm³/mol. The Hall–Kier alpha value is -2.91. The third kappa shape index (κ3) is 3.70. The minimum absolute atomic E-state index is 0.0491. The highest BCUT2D eigenvalue weighted by molar-refractivity contribution is 7.92. The topological polar surface area (TPSA) is 96.0 Å². The lowest BCUT2D eigenvalue weighted by atomic mass is 10.1. The lowest BCUT2D eigenvalue weighted by Gasteiger charge is -2.27. The molecule has 0 bridgehead atoms. The van der Waals surface area contributed by atoms with Gasteiger partial charge in [0, 0.05) is 25.8 Å². The summed E-state index contributed by atoms with van der Waals surface area (Å²) in [4.78, 5) is 27.9. The average Bonchev–Trinajstić information content (AvgIpc) is 3.01. The second-order valence-corrected chi connectivity index (χ2v) is 8.66. The first-order valence-corrected chi connectivity index (χ1v) is 10.7. The van der Waals surface area contributed by atoms with E-state index in [1.807, 2.05) is 0 Å². The van der Waals surface area contributed by atoms with E-state index in [1.54, 1.807) is 42.3 Å². The van der Waals surface area contributed by atoms with Crippen molar-refractivity contribution >= 4 is 33.2 Å². The Morgan fingerprint density at radius 2 is 1.83 bits per heavy atom. The van der Waals surface area contributed by atoms with Crippen LogP contribution in [0.1, 0.15) is 15.9 Å². The number of morpholine rings is 1. The molecule has 0 atom stereocenters. The van der Waals surface area contributed by atoms with E-state index in [4.69, 9.17) is 4.74 Å². The standard InChI is InChI=1S/C20H21N3O5S/c1-22-18-7-6-15(12-14(18)13-19(22)24)29(26,27)21-17-5-3-2-4-16(17)20(25)23-8-10-28-11-9-23/h2-7,12,21H,8-11,13H2,1H3. The Kier molecular flexibility index (Phi) is 5.01. The number of fused-ring (bicyclic) bond motifs is 1. The van der Waals surface area contributed by atoms with Crippen LogP contribution in [0.3, 0.4) is 0 Å². The van der Waals surface area contributed by atoms with Crippen LogP contribution in [0.5, 0.6) is 0 Å². The van der Waals surface area contributed by atoms with Crippen LogP contribution in [0.4, 0.5) is 11.4 Å². The molecule has 0 unspecified atom stereocenters. The number of sulfonamides is 1. The molecule has 1 N–H and O–H groups in total. The fourth-order valence-electron chi connectivity index (χ4n) is 3.51. The van der Waals surface area contributed by atoms with E-state index in [1.165, 1.54) is 17.0 Å². The molecule has 152 valence electrons. The molecule has 0 saturated carbocycles. The molecule has 2 aliphatic rings. The van der Waals surface area contributed by atoms with E-state index in [2.05, 4.69) is 4.72 Å². The quantitative estimate of drug-likeness (QED) is 0.816. The molecule has 8 nitrogen and oxygen atoms in total. The van der Waals surface area contributed by atoms with Gasteiger partial charge in [0.25, 0.3) is 15.9 Å². The molecular weight excluding hydrogens is 394 g/mol. The van der Waals surface area contributed by atoms with Crippen molar-refractivity contribution in [1.82, 2.24) is 4.90 Å². The number of benzene rings is 2. The fraction of sp³-hybridized carbons (Fsp3) is 0.300. The SMILES string of the molecule is CN1C(=O)Cc2cc(S(=O)(=O)Nc3ccccc3C(=O)N3CCOCC3)ccc21. The summed E-state index contributed by atoms with van der Waals surface area (Å²) in [6, 6.07) is 11.1. The number of para-hydroxylation sites is 1. The molecule has 0 spiro atoms. The Morgan fingerprint density at radius 1 is 1.10 bits per heavy atom. The molecule has 2 aliphatic heterocycles. The fourth-order valence-corrected chi connectivity index (χ4v) is 4.64. The molecule has 0 radical (unpaired) electrons. The zero-order chi connectivity index (χ0) is 20.6. The maximum absolute atomic E-state index is 13.0. The van der Waals surface area contributed by atoms with E-state index < -0.39 is 10.0 Å². The van der Waals surface area contributed by atoms with Crippen molar-refractivity contribution < 1.29 is 22.7 Å². The van der Waals surface area contributed by atoms with Crippen molar-refractivity contribution in [3.8, 4) is 0 Å². The van der Waals surface area contributed by atoms with Crippen molar-refractivity contribution in [1.29, 1.82) is 0 Å². The van der Waals surface area contributed by atoms with Crippen molar-refractivity contribution in [3.63, 3.8) is 0 Å². The van der Waals surface area contributed by atoms with Gasteiger partial charge in [-0.2, -0.15) is 0 Å². The van der Waals surface area contributed by atoms with E-state index in [9.17, 15) is 18.0 Å². The number of ether oxygens (including phenoxy) is 1. The monoisotopic (exact) mass is 415 g/mol. The predicted octanol–water partition coefficient (Wildman–Crippen LogP) is 1.48. The highest BCUT2D eigenvalue weighted by Gasteiger charge is 2.27.